The summed E-state index contributed by atoms with van der Waals surface area (Å²) in [6.07, 6.45) is 3.45. The van der Waals surface area contributed by atoms with Crippen molar-refractivity contribution < 1.29 is 4.79 Å². The van der Waals surface area contributed by atoms with Gasteiger partial charge >= 0.3 is 0 Å². The van der Waals surface area contributed by atoms with Crippen LogP contribution in [0.2, 0.25) is 0 Å². The SMILES string of the molecule is Cc1cc(C)n(CCN2CCN(C(=O)C3CCC3)CC2)n1. The molecule has 0 N–H and O–H groups in total. The molecule has 1 saturated heterocycles. The fourth-order valence-corrected chi connectivity index (χ4v) is 3.24. The highest BCUT2D eigenvalue weighted by atomic mass is 16.2. The van der Waals surface area contributed by atoms with Gasteiger partial charge in [-0.3, -0.25) is 14.4 Å². The van der Waals surface area contributed by atoms with Gasteiger partial charge < -0.3 is 4.90 Å². The van der Waals surface area contributed by atoms with E-state index in [1.54, 1.807) is 0 Å². The minimum atomic E-state index is 0.339. The second kappa shape index (κ2) is 6.18. The Labute approximate surface area is 126 Å². The first-order valence-corrected chi connectivity index (χ1v) is 8.15. The molecule has 0 aromatic carbocycles. The van der Waals surface area contributed by atoms with E-state index in [1.165, 1.54) is 12.1 Å². The number of hydrogen-bond donors (Lipinski definition) is 0. The smallest absolute Gasteiger partial charge is 0.225 e. The van der Waals surface area contributed by atoms with Crippen LogP contribution in [0.1, 0.15) is 30.7 Å². The Balaban J connectivity index is 1.43. The number of rotatable bonds is 4. The van der Waals surface area contributed by atoms with E-state index in [0.29, 0.717) is 11.8 Å². The van der Waals surface area contributed by atoms with Crippen molar-refractivity contribution in [3.05, 3.63) is 17.5 Å². The molecule has 1 aliphatic heterocycles. The summed E-state index contributed by atoms with van der Waals surface area (Å²) in [7, 11) is 0. The number of carbonyl (C=O) groups excluding carboxylic acids is 1. The zero-order chi connectivity index (χ0) is 14.8. The largest absolute Gasteiger partial charge is 0.340 e. The first-order chi connectivity index (χ1) is 10.1. The lowest BCUT2D eigenvalue weighted by atomic mass is 9.84. The van der Waals surface area contributed by atoms with E-state index in [0.717, 1.165) is 57.8 Å². The molecule has 1 aromatic rings. The van der Waals surface area contributed by atoms with Crippen LogP contribution < -0.4 is 0 Å². The number of nitrogens with zero attached hydrogens (tertiary/aromatic N) is 4. The normalized spacial score (nSPS) is 20.6. The van der Waals surface area contributed by atoms with Gasteiger partial charge in [-0.05, 0) is 32.8 Å². The Morgan fingerprint density at radius 3 is 2.43 bits per heavy atom. The predicted molar refractivity (Wildman–Crippen MR) is 82.1 cm³/mol. The van der Waals surface area contributed by atoms with Gasteiger partial charge in [0.1, 0.15) is 0 Å². The zero-order valence-electron chi connectivity index (χ0n) is 13.2. The van der Waals surface area contributed by atoms with Crippen LogP contribution in [-0.4, -0.2) is 58.2 Å². The van der Waals surface area contributed by atoms with Gasteiger partial charge in [0.2, 0.25) is 5.91 Å². The third kappa shape index (κ3) is 3.28. The lowest BCUT2D eigenvalue weighted by Gasteiger charge is -2.38. The summed E-state index contributed by atoms with van der Waals surface area (Å²) in [4.78, 5) is 16.7. The van der Waals surface area contributed by atoms with Crippen LogP contribution in [0, 0.1) is 19.8 Å². The monoisotopic (exact) mass is 290 g/mol. The summed E-state index contributed by atoms with van der Waals surface area (Å²) < 4.78 is 2.08. The van der Waals surface area contributed by atoms with Gasteiger partial charge in [0, 0.05) is 44.3 Å². The Bertz CT molecular complexity index is 498. The Kier molecular flexibility index (Phi) is 4.29. The molecule has 5 nitrogen and oxygen atoms in total. The van der Waals surface area contributed by atoms with Crippen molar-refractivity contribution in [3.63, 3.8) is 0 Å². The molecule has 1 aliphatic carbocycles. The molecular weight excluding hydrogens is 264 g/mol. The number of piperazine rings is 1. The maximum Gasteiger partial charge on any atom is 0.225 e. The van der Waals surface area contributed by atoms with Crippen molar-refractivity contribution in [2.75, 3.05) is 32.7 Å². The molecule has 1 amide bonds. The van der Waals surface area contributed by atoms with Crippen molar-refractivity contribution in [2.45, 2.75) is 39.7 Å². The van der Waals surface area contributed by atoms with Crippen molar-refractivity contribution >= 4 is 5.91 Å². The summed E-state index contributed by atoms with van der Waals surface area (Å²) in [5, 5.41) is 4.51. The Hall–Kier alpha value is -1.36. The molecule has 1 saturated carbocycles. The van der Waals surface area contributed by atoms with E-state index in [1.807, 2.05) is 6.92 Å². The molecule has 2 heterocycles. The molecule has 21 heavy (non-hydrogen) atoms. The molecule has 1 aromatic heterocycles. The van der Waals surface area contributed by atoms with Gasteiger partial charge in [-0.2, -0.15) is 5.10 Å². The van der Waals surface area contributed by atoms with Crippen LogP contribution >= 0.6 is 0 Å². The topological polar surface area (TPSA) is 41.4 Å². The number of aromatic nitrogens is 2. The molecule has 0 spiro atoms. The van der Waals surface area contributed by atoms with Crippen LogP contribution in [0.15, 0.2) is 6.07 Å². The third-order valence-corrected chi connectivity index (χ3v) is 4.87. The summed E-state index contributed by atoms with van der Waals surface area (Å²) >= 11 is 0. The van der Waals surface area contributed by atoms with Gasteiger partial charge in [0.25, 0.3) is 0 Å². The maximum atomic E-state index is 12.2. The molecular formula is C16H26N4O. The molecule has 5 heteroatoms. The summed E-state index contributed by atoms with van der Waals surface area (Å²) in [6.45, 7) is 9.89. The van der Waals surface area contributed by atoms with Crippen molar-refractivity contribution in [1.82, 2.24) is 19.6 Å². The lowest BCUT2D eigenvalue weighted by Crippen LogP contribution is -2.51. The second-order valence-corrected chi connectivity index (χ2v) is 6.44. The van der Waals surface area contributed by atoms with Crippen LogP contribution in [0.25, 0.3) is 0 Å². The van der Waals surface area contributed by atoms with Crippen molar-refractivity contribution in [2.24, 2.45) is 5.92 Å². The van der Waals surface area contributed by atoms with Crippen molar-refractivity contribution in [3.8, 4) is 0 Å². The number of carbonyl (C=O) groups is 1. The maximum absolute atomic E-state index is 12.2. The molecule has 2 fully saturated rings. The minimum absolute atomic E-state index is 0.339. The van der Waals surface area contributed by atoms with E-state index < -0.39 is 0 Å². The van der Waals surface area contributed by atoms with E-state index >= 15 is 0 Å². The fourth-order valence-electron chi connectivity index (χ4n) is 3.24. The Morgan fingerprint density at radius 2 is 1.90 bits per heavy atom. The van der Waals surface area contributed by atoms with Gasteiger partial charge in [0.05, 0.1) is 12.2 Å². The molecule has 3 rings (SSSR count). The van der Waals surface area contributed by atoms with Gasteiger partial charge in [-0.25, -0.2) is 0 Å². The van der Waals surface area contributed by atoms with E-state index in [-0.39, 0.29) is 0 Å². The number of amides is 1. The number of aryl methyl sites for hydroxylation is 2. The Morgan fingerprint density at radius 1 is 1.19 bits per heavy atom. The lowest BCUT2D eigenvalue weighted by molar-refractivity contribution is -0.139. The van der Waals surface area contributed by atoms with Gasteiger partial charge in [-0.15, -0.1) is 0 Å². The quantitative estimate of drug-likeness (QED) is 0.842. The van der Waals surface area contributed by atoms with E-state index in [4.69, 9.17) is 0 Å². The van der Waals surface area contributed by atoms with Crippen LogP contribution in [0.4, 0.5) is 0 Å². The molecule has 0 atom stereocenters. The molecule has 2 aliphatic rings. The average Bonchev–Trinajstić information content (AvgIpc) is 2.73. The second-order valence-electron chi connectivity index (χ2n) is 6.44. The number of hydrogen-bond acceptors (Lipinski definition) is 3. The van der Waals surface area contributed by atoms with Crippen molar-refractivity contribution in [1.29, 1.82) is 0 Å². The molecule has 116 valence electrons. The standard InChI is InChI=1S/C16H26N4O/c1-13-12-14(2)20(17-13)11-8-18-6-9-19(10-7-18)16(21)15-4-3-5-15/h12,15H,3-11H2,1-2H3. The summed E-state index contributed by atoms with van der Waals surface area (Å²) in [6, 6.07) is 2.12. The van der Waals surface area contributed by atoms with Crippen LogP contribution in [-0.2, 0) is 11.3 Å². The molecule has 0 bridgehead atoms. The zero-order valence-corrected chi connectivity index (χ0v) is 13.2. The highest BCUT2D eigenvalue weighted by Crippen LogP contribution is 2.28. The first-order valence-electron chi connectivity index (χ1n) is 8.15. The summed E-state index contributed by atoms with van der Waals surface area (Å²) in [5.74, 6) is 0.741. The minimum Gasteiger partial charge on any atom is -0.340 e. The highest BCUT2D eigenvalue weighted by Gasteiger charge is 2.30. The molecule has 0 unspecified atom stereocenters. The van der Waals surface area contributed by atoms with Gasteiger partial charge in [-0.1, -0.05) is 6.42 Å². The summed E-state index contributed by atoms with van der Waals surface area (Å²) in [5.41, 5.74) is 2.31. The van der Waals surface area contributed by atoms with Gasteiger partial charge in [0.15, 0.2) is 0 Å². The fraction of sp³-hybridized carbons (Fsp3) is 0.750. The first kappa shape index (κ1) is 14.6. The predicted octanol–water partition coefficient (Wildman–Crippen LogP) is 1.44. The third-order valence-electron chi connectivity index (χ3n) is 4.87. The average molecular weight is 290 g/mol. The molecule has 0 radical (unpaired) electrons. The van der Waals surface area contributed by atoms with E-state index in [2.05, 4.69) is 32.6 Å². The van der Waals surface area contributed by atoms with E-state index in [9.17, 15) is 4.79 Å². The van der Waals surface area contributed by atoms with Crippen LogP contribution in [0.5, 0.6) is 0 Å². The van der Waals surface area contributed by atoms with Crippen LogP contribution in [0.3, 0.4) is 0 Å². The highest BCUT2D eigenvalue weighted by molar-refractivity contribution is 5.79.